The van der Waals surface area contributed by atoms with Gasteiger partial charge in [0.25, 0.3) is 0 Å². The molecular formula is C51H86O6. The Labute approximate surface area is 351 Å². The zero-order valence-corrected chi connectivity index (χ0v) is 37.1. The number of carbonyl (C=O) groups excluding carboxylic acids is 3. The molecule has 0 aliphatic carbocycles. The van der Waals surface area contributed by atoms with Crippen LogP contribution in [0.15, 0.2) is 72.9 Å². The minimum Gasteiger partial charge on any atom is -0.462 e. The normalized spacial score (nSPS) is 12.7. The molecule has 6 nitrogen and oxygen atoms in total. The highest BCUT2D eigenvalue weighted by Gasteiger charge is 2.19. The Morgan fingerprint density at radius 1 is 0.368 bits per heavy atom. The lowest BCUT2D eigenvalue weighted by molar-refractivity contribution is -0.167. The van der Waals surface area contributed by atoms with E-state index in [1.807, 2.05) is 0 Å². The third kappa shape index (κ3) is 43.8. The number of esters is 3. The first-order valence-corrected chi connectivity index (χ1v) is 23.4. The molecule has 0 radical (unpaired) electrons. The molecule has 326 valence electrons. The number of unbranched alkanes of at least 4 members (excludes halogenated alkanes) is 18. The van der Waals surface area contributed by atoms with Gasteiger partial charge in [-0.1, -0.05) is 190 Å². The summed E-state index contributed by atoms with van der Waals surface area (Å²) in [7, 11) is 0. The fourth-order valence-corrected chi connectivity index (χ4v) is 6.16. The monoisotopic (exact) mass is 795 g/mol. The van der Waals surface area contributed by atoms with Gasteiger partial charge in [-0.2, -0.15) is 0 Å². The molecular weight excluding hydrogens is 709 g/mol. The largest absolute Gasteiger partial charge is 0.462 e. The molecule has 0 aliphatic rings. The molecule has 0 heterocycles. The van der Waals surface area contributed by atoms with Crippen molar-refractivity contribution in [3.63, 3.8) is 0 Å². The van der Waals surface area contributed by atoms with Crippen LogP contribution in [0.3, 0.4) is 0 Å². The summed E-state index contributed by atoms with van der Waals surface area (Å²) in [5, 5.41) is 0. The van der Waals surface area contributed by atoms with Crippen LogP contribution in [0, 0.1) is 0 Å². The van der Waals surface area contributed by atoms with E-state index >= 15 is 0 Å². The number of carbonyl (C=O) groups is 3. The molecule has 1 atom stereocenters. The Balaban J connectivity index is 4.46. The highest BCUT2D eigenvalue weighted by atomic mass is 16.6. The summed E-state index contributed by atoms with van der Waals surface area (Å²) in [6.07, 6.45) is 56.0. The fourth-order valence-electron chi connectivity index (χ4n) is 6.16. The third-order valence-corrected chi connectivity index (χ3v) is 9.70. The molecule has 0 aromatic rings. The van der Waals surface area contributed by atoms with E-state index in [2.05, 4.69) is 93.7 Å². The molecule has 0 N–H and O–H groups in total. The zero-order valence-electron chi connectivity index (χ0n) is 37.1. The molecule has 0 aliphatic heterocycles. The third-order valence-electron chi connectivity index (χ3n) is 9.70. The van der Waals surface area contributed by atoms with Crippen LogP contribution in [0.25, 0.3) is 0 Å². The van der Waals surface area contributed by atoms with Crippen LogP contribution >= 0.6 is 0 Å². The first-order valence-electron chi connectivity index (χ1n) is 23.4. The van der Waals surface area contributed by atoms with E-state index in [4.69, 9.17) is 14.2 Å². The van der Waals surface area contributed by atoms with Crippen LogP contribution in [0.1, 0.15) is 213 Å². The van der Waals surface area contributed by atoms with Crippen molar-refractivity contribution in [2.45, 2.75) is 219 Å². The van der Waals surface area contributed by atoms with E-state index in [0.717, 1.165) is 89.9 Å². The molecule has 57 heavy (non-hydrogen) atoms. The predicted molar refractivity (Wildman–Crippen MR) is 242 cm³/mol. The molecule has 0 amide bonds. The molecule has 0 saturated heterocycles. The predicted octanol–water partition coefficient (Wildman–Crippen LogP) is 15.1. The lowest BCUT2D eigenvalue weighted by Crippen LogP contribution is -2.30. The topological polar surface area (TPSA) is 78.9 Å². The van der Waals surface area contributed by atoms with Gasteiger partial charge in [-0.05, 0) is 77.0 Å². The minimum atomic E-state index is -0.798. The summed E-state index contributed by atoms with van der Waals surface area (Å²) in [6.45, 7) is 6.40. The van der Waals surface area contributed by atoms with Gasteiger partial charge in [0.15, 0.2) is 6.10 Å². The van der Waals surface area contributed by atoms with Gasteiger partial charge in [0.1, 0.15) is 13.2 Å². The van der Waals surface area contributed by atoms with Crippen molar-refractivity contribution in [3.05, 3.63) is 72.9 Å². The Kier molecular flexibility index (Phi) is 43.0. The molecule has 0 aromatic heterocycles. The second-order valence-electron chi connectivity index (χ2n) is 15.3. The van der Waals surface area contributed by atoms with Crippen LogP contribution in [-0.2, 0) is 28.6 Å². The van der Waals surface area contributed by atoms with Crippen LogP contribution in [0.5, 0.6) is 0 Å². The van der Waals surface area contributed by atoms with Crippen molar-refractivity contribution in [1.29, 1.82) is 0 Å². The van der Waals surface area contributed by atoms with Crippen molar-refractivity contribution in [2.24, 2.45) is 0 Å². The smallest absolute Gasteiger partial charge is 0.306 e. The fraction of sp³-hybridized carbons (Fsp3) is 0.706. The minimum absolute atomic E-state index is 0.0955. The van der Waals surface area contributed by atoms with Crippen LogP contribution in [0.4, 0.5) is 0 Å². The van der Waals surface area contributed by atoms with Crippen molar-refractivity contribution in [1.82, 2.24) is 0 Å². The summed E-state index contributed by atoms with van der Waals surface area (Å²) in [5.74, 6) is -0.971. The number of hydrogen-bond donors (Lipinski definition) is 0. The summed E-state index contributed by atoms with van der Waals surface area (Å²) in [5.41, 5.74) is 0. The Bertz CT molecular complexity index is 1100. The first kappa shape index (κ1) is 53.9. The summed E-state index contributed by atoms with van der Waals surface area (Å²) >= 11 is 0. The summed E-state index contributed by atoms with van der Waals surface area (Å²) < 4.78 is 16.7. The second-order valence-corrected chi connectivity index (χ2v) is 15.3. The SMILES string of the molecule is CC/C=C\C/C=C\C/C=C\C/C=C\C/C=C\CCCC(=O)OCC(COC(=O)CCCCCCCCCCCCC)OC(=O)CCCCCCC/C=C\CCCC. The Morgan fingerprint density at radius 2 is 0.719 bits per heavy atom. The van der Waals surface area contributed by atoms with Gasteiger partial charge >= 0.3 is 17.9 Å². The van der Waals surface area contributed by atoms with Crippen molar-refractivity contribution >= 4 is 17.9 Å². The Hall–Kier alpha value is -3.15. The summed E-state index contributed by atoms with van der Waals surface area (Å²) in [4.78, 5) is 37.7. The van der Waals surface area contributed by atoms with E-state index in [9.17, 15) is 14.4 Å². The number of rotatable bonds is 41. The average Bonchev–Trinajstić information content (AvgIpc) is 3.21. The van der Waals surface area contributed by atoms with Gasteiger partial charge in [0, 0.05) is 19.3 Å². The van der Waals surface area contributed by atoms with Crippen molar-refractivity contribution < 1.29 is 28.6 Å². The van der Waals surface area contributed by atoms with Crippen LogP contribution in [-0.4, -0.2) is 37.2 Å². The van der Waals surface area contributed by atoms with E-state index in [1.54, 1.807) is 0 Å². The highest BCUT2D eigenvalue weighted by molar-refractivity contribution is 5.71. The van der Waals surface area contributed by atoms with E-state index in [1.165, 1.54) is 77.0 Å². The van der Waals surface area contributed by atoms with E-state index in [0.29, 0.717) is 19.3 Å². The number of ether oxygens (including phenoxy) is 3. The molecule has 0 aromatic carbocycles. The van der Waals surface area contributed by atoms with Gasteiger partial charge < -0.3 is 14.2 Å². The van der Waals surface area contributed by atoms with Crippen LogP contribution in [0.2, 0.25) is 0 Å². The molecule has 0 bridgehead atoms. The van der Waals surface area contributed by atoms with Gasteiger partial charge in [0.05, 0.1) is 0 Å². The maximum atomic E-state index is 12.7. The van der Waals surface area contributed by atoms with Crippen molar-refractivity contribution in [2.75, 3.05) is 13.2 Å². The number of hydrogen-bond acceptors (Lipinski definition) is 6. The lowest BCUT2D eigenvalue weighted by atomic mass is 10.1. The highest BCUT2D eigenvalue weighted by Crippen LogP contribution is 2.14. The Morgan fingerprint density at radius 3 is 1.21 bits per heavy atom. The first-order chi connectivity index (χ1) is 28.0. The molecule has 1 unspecified atom stereocenters. The molecule has 0 rings (SSSR count). The van der Waals surface area contributed by atoms with Gasteiger partial charge in [-0.3, -0.25) is 14.4 Å². The zero-order chi connectivity index (χ0) is 41.5. The van der Waals surface area contributed by atoms with Crippen LogP contribution < -0.4 is 0 Å². The lowest BCUT2D eigenvalue weighted by Gasteiger charge is -2.18. The van der Waals surface area contributed by atoms with Crippen molar-refractivity contribution in [3.8, 4) is 0 Å². The number of allylic oxidation sites excluding steroid dienone is 12. The van der Waals surface area contributed by atoms with E-state index < -0.39 is 6.10 Å². The van der Waals surface area contributed by atoms with Gasteiger partial charge in [-0.15, -0.1) is 0 Å². The molecule has 0 spiro atoms. The maximum Gasteiger partial charge on any atom is 0.306 e. The van der Waals surface area contributed by atoms with E-state index in [-0.39, 0.29) is 37.5 Å². The quantitative estimate of drug-likeness (QED) is 0.0265. The maximum absolute atomic E-state index is 12.7. The molecule has 0 saturated carbocycles. The summed E-state index contributed by atoms with van der Waals surface area (Å²) in [6, 6.07) is 0. The van der Waals surface area contributed by atoms with Gasteiger partial charge in [0.2, 0.25) is 0 Å². The standard InChI is InChI=1S/C51H86O6/c1-4-7-10-13-16-19-22-23-24-25-26-27-30-32-35-38-41-44-50(53)56-47-48(57-51(54)45-42-39-36-33-29-21-18-15-12-9-6-3)46-55-49(52)43-40-37-34-31-28-20-17-14-11-8-5-2/h7,10,15-16,18-19,23-24,26-27,32,35,48H,4-6,8-9,11-14,17,20-22,25,28-31,33-34,36-47H2,1-3H3/b10-7-,18-15-,19-16-,24-23-,27-26-,35-32-. The average molecular weight is 795 g/mol. The molecule has 0 fully saturated rings. The second kappa shape index (κ2) is 45.6. The van der Waals surface area contributed by atoms with Gasteiger partial charge in [-0.25, -0.2) is 0 Å². The molecule has 6 heteroatoms.